The molecular weight excluding hydrogens is 440 g/mol. The van der Waals surface area contributed by atoms with Gasteiger partial charge in [0.1, 0.15) is 11.5 Å². The maximum atomic E-state index is 8.36. The van der Waals surface area contributed by atoms with E-state index in [4.69, 9.17) is 19.2 Å². The summed E-state index contributed by atoms with van der Waals surface area (Å²) in [6, 6.07) is 22.9. The topological polar surface area (TPSA) is 77.5 Å². The molecule has 0 saturated carbocycles. The Morgan fingerprint density at radius 3 is 2.54 bits per heavy atom. The molecule has 6 nitrogen and oxygen atoms in total. The lowest BCUT2D eigenvalue weighted by atomic mass is 9.90. The van der Waals surface area contributed by atoms with Gasteiger partial charge in [-0.25, -0.2) is 0 Å². The van der Waals surface area contributed by atoms with Gasteiger partial charge < -0.3 is 18.9 Å². The first kappa shape index (κ1) is 23.8. The van der Waals surface area contributed by atoms with Crippen molar-refractivity contribution >= 4 is 6.47 Å². The van der Waals surface area contributed by atoms with E-state index in [9.17, 15) is 0 Å². The summed E-state index contributed by atoms with van der Waals surface area (Å²) in [5.41, 5.74) is 9.13. The fourth-order valence-electron chi connectivity index (χ4n) is 4.29. The minimum absolute atomic E-state index is 0.250. The third-order valence-electron chi connectivity index (χ3n) is 5.78. The van der Waals surface area contributed by atoms with Gasteiger partial charge in [0.2, 0.25) is 0 Å². The second kappa shape index (κ2) is 10.7. The van der Waals surface area contributed by atoms with E-state index in [0.717, 1.165) is 41.1 Å². The van der Waals surface area contributed by atoms with Crippen LogP contribution in [0.3, 0.4) is 0 Å². The van der Waals surface area contributed by atoms with Gasteiger partial charge >= 0.3 is 0 Å². The van der Waals surface area contributed by atoms with Gasteiger partial charge in [0, 0.05) is 22.9 Å². The normalized spacial score (nSPS) is 11.4. The molecule has 0 saturated heterocycles. The zero-order chi connectivity index (χ0) is 24.8. The van der Waals surface area contributed by atoms with Gasteiger partial charge in [-0.2, -0.15) is 0 Å². The van der Waals surface area contributed by atoms with Crippen LogP contribution in [0, 0.1) is 0 Å². The molecule has 2 heterocycles. The molecule has 0 spiro atoms. The number of hydrogen-bond acceptors (Lipinski definition) is 4. The Labute approximate surface area is 204 Å². The summed E-state index contributed by atoms with van der Waals surface area (Å²) in [5, 5.41) is 11.2. The van der Waals surface area contributed by atoms with E-state index in [1.165, 1.54) is 22.4 Å². The molecule has 0 unspecified atom stereocenters. The summed E-state index contributed by atoms with van der Waals surface area (Å²) >= 11 is 0. The number of ether oxygens (including phenoxy) is 1. The molecule has 1 aliphatic carbocycles. The maximum Gasteiger partial charge on any atom is 0.290 e. The number of hydrogen-bond donors (Lipinski definition) is 1. The van der Waals surface area contributed by atoms with Crippen LogP contribution in [-0.2, 0) is 28.9 Å². The molecule has 0 atom stereocenters. The second-order valence-electron chi connectivity index (χ2n) is 8.53. The Balaban J connectivity index is 0.000000917. The maximum absolute atomic E-state index is 8.36. The molecule has 0 radical (unpaired) electrons. The molecule has 0 amide bonds. The molecule has 5 rings (SSSR count). The highest BCUT2D eigenvalue weighted by molar-refractivity contribution is 5.78. The zero-order valence-corrected chi connectivity index (χ0v) is 19.9. The first-order valence-corrected chi connectivity index (χ1v) is 11.4. The molecule has 0 aliphatic heterocycles. The van der Waals surface area contributed by atoms with Gasteiger partial charge in [-0.05, 0) is 49.5 Å². The van der Waals surface area contributed by atoms with Crippen LogP contribution in [0.1, 0.15) is 25.1 Å². The Kier molecular flexibility index (Phi) is 7.31. The highest BCUT2D eigenvalue weighted by Crippen LogP contribution is 2.40. The predicted molar refractivity (Wildman–Crippen MR) is 137 cm³/mol. The van der Waals surface area contributed by atoms with Crippen molar-refractivity contribution < 1.29 is 19.2 Å². The van der Waals surface area contributed by atoms with Gasteiger partial charge in [0.05, 0.1) is 18.5 Å². The lowest BCUT2D eigenvalue weighted by Crippen LogP contribution is -2.11. The number of nitrogens with zero attached hydrogens (tertiary/aromatic N) is 2. The molecule has 4 aromatic rings. The van der Waals surface area contributed by atoms with Crippen molar-refractivity contribution in [2.75, 3.05) is 0 Å². The quantitative estimate of drug-likeness (QED) is 0.251. The van der Waals surface area contributed by atoms with E-state index >= 15 is 0 Å². The predicted octanol–water partition coefficient (Wildman–Crippen LogP) is 6.73. The molecule has 6 heteroatoms. The van der Waals surface area contributed by atoms with Crippen molar-refractivity contribution in [1.29, 1.82) is 0 Å². The summed E-state index contributed by atoms with van der Waals surface area (Å²) in [5.74, 6) is 1.43. The average Bonchev–Trinajstić information content (AvgIpc) is 3.49. The van der Waals surface area contributed by atoms with Crippen molar-refractivity contribution in [3.8, 4) is 33.8 Å². The van der Waals surface area contributed by atoms with Gasteiger partial charge in [0.15, 0.2) is 5.76 Å². The van der Waals surface area contributed by atoms with Crippen molar-refractivity contribution in [3.63, 3.8) is 0 Å². The first-order chi connectivity index (χ1) is 17.0. The van der Waals surface area contributed by atoms with E-state index in [-0.39, 0.29) is 6.47 Å². The van der Waals surface area contributed by atoms with Gasteiger partial charge in [-0.1, -0.05) is 66.3 Å². The Morgan fingerprint density at radius 1 is 1.09 bits per heavy atom. The fourth-order valence-corrected chi connectivity index (χ4v) is 4.29. The van der Waals surface area contributed by atoms with Crippen LogP contribution in [0.25, 0.3) is 33.8 Å². The second-order valence-corrected chi connectivity index (χ2v) is 8.53. The van der Waals surface area contributed by atoms with E-state index < -0.39 is 0 Å². The van der Waals surface area contributed by atoms with Crippen LogP contribution < -0.4 is 0 Å². The van der Waals surface area contributed by atoms with Gasteiger partial charge in [-0.3, -0.25) is 4.79 Å². The van der Waals surface area contributed by atoms with Crippen LogP contribution in [0.15, 0.2) is 95.4 Å². The first-order valence-electron chi connectivity index (χ1n) is 11.4. The highest BCUT2D eigenvalue weighted by atomic mass is 16.5. The number of aromatic nitrogens is 2. The number of allylic oxidation sites excluding steroid dienone is 2. The summed E-state index contributed by atoms with van der Waals surface area (Å²) in [7, 11) is 0. The Hall–Kier alpha value is -4.32. The number of carbonyl (C=O) groups is 1. The Morgan fingerprint density at radius 2 is 1.80 bits per heavy atom. The molecule has 178 valence electrons. The van der Waals surface area contributed by atoms with Crippen molar-refractivity contribution in [2.24, 2.45) is 0 Å². The Bertz CT molecular complexity index is 1360. The monoisotopic (exact) mass is 468 g/mol. The fraction of sp³-hybridized carbons (Fsp3) is 0.172. The summed E-state index contributed by atoms with van der Waals surface area (Å²) in [6.07, 6.45) is 3.72. The van der Waals surface area contributed by atoms with E-state index in [0.29, 0.717) is 12.3 Å². The molecule has 0 fully saturated rings. The van der Waals surface area contributed by atoms with E-state index in [1.54, 1.807) is 6.26 Å². The molecule has 1 N–H and O–H groups in total. The third kappa shape index (κ3) is 5.27. The minimum Gasteiger partial charge on any atom is -0.483 e. The zero-order valence-electron chi connectivity index (χ0n) is 19.9. The minimum atomic E-state index is -0.250. The van der Waals surface area contributed by atoms with Crippen molar-refractivity contribution in [1.82, 2.24) is 9.72 Å². The number of carboxylic acid groups (broad SMARTS) is 1. The van der Waals surface area contributed by atoms with Crippen LogP contribution in [0.5, 0.6) is 0 Å². The molecule has 35 heavy (non-hydrogen) atoms. The van der Waals surface area contributed by atoms with E-state index in [1.807, 2.05) is 50.2 Å². The van der Waals surface area contributed by atoms with Crippen LogP contribution in [-0.4, -0.2) is 21.3 Å². The summed E-state index contributed by atoms with van der Waals surface area (Å²) in [4.78, 5) is 8.36. The van der Waals surface area contributed by atoms with Crippen molar-refractivity contribution in [2.45, 2.75) is 33.2 Å². The number of fused-ring (bicyclic) bond motifs is 3. The standard InChI is InChI=1S/C28H26N2O2.CH2O2/c1-19(2)18-31-20(3)17-30-26-14-13-21-9-7-8-12-23(21)24(26)15-27(30)28-16-25(29-32-28)22-10-5-4-6-11-22;2-1-3/h4-12,15-16,18H,3,13-14,17H2,1-2H3;1H,(H,2,3). The number of benzene rings is 2. The smallest absolute Gasteiger partial charge is 0.290 e. The average molecular weight is 469 g/mol. The lowest BCUT2D eigenvalue weighted by molar-refractivity contribution is -0.122. The van der Waals surface area contributed by atoms with E-state index in [2.05, 4.69) is 46.6 Å². The summed E-state index contributed by atoms with van der Waals surface area (Å²) < 4.78 is 13.9. The molecule has 2 aromatic carbocycles. The molecule has 1 aliphatic rings. The van der Waals surface area contributed by atoms with Crippen molar-refractivity contribution in [3.05, 3.63) is 102 Å². The molecular formula is C29H28N2O4. The summed E-state index contributed by atoms with van der Waals surface area (Å²) in [6.45, 7) is 8.47. The lowest BCUT2D eigenvalue weighted by Gasteiger charge is -2.20. The van der Waals surface area contributed by atoms with Gasteiger partial charge in [-0.15, -0.1) is 0 Å². The molecule has 2 aromatic heterocycles. The third-order valence-corrected chi connectivity index (χ3v) is 5.78. The van der Waals surface area contributed by atoms with Crippen LogP contribution in [0.4, 0.5) is 0 Å². The van der Waals surface area contributed by atoms with Gasteiger partial charge in [0.25, 0.3) is 6.47 Å². The van der Waals surface area contributed by atoms with Crippen LogP contribution in [0.2, 0.25) is 0 Å². The molecule has 0 bridgehead atoms. The SMILES string of the molecule is C=C(Cn1c(-c2cc(-c3ccccc3)no2)cc2c1CCc1ccccc1-2)OC=C(C)C.O=CO. The number of aryl methyl sites for hydroxylation is 1. The largest absolute Gasteiger partial charge is 0.483 e. The number of rotatable bonds is 6. The highest BCUT2D eigenvalue weighted by Gasteiger charge is 2.25. The van der Waals surface area contributed by atoms with Crippen LogP contribution >= 0.6 is 0 Å².